The van der Waals surface area contributed by atoms with Gasteiger partial charge in [-0.1, -0.05) is 18.2 Å². The summed E-state index contributed by atoms with van der Waals surface area (Å²) in [6.45, 7) is 0.290. The Hall–Kier alpha value is -3.46. The van der Waals surface area contributed by atoms with Crippen molar-refractivity contribution in [2.45, 2.75) is 18.6 Å². The second kappa shape index (κ2) is 8.91. The summed E-state index contributed by atoms with van der Waals surface area (Å²) in [5.41, 5.74) is 4.97. The van der Waals surface area contributed by atoms with E-state index in [1.807, 2.05) is 0 Å². The number of amides is 2. The van der Waals surface area contributed by atoms with Crippen LogP contribution in [-0.4, -0.2) is 43.3 Å². The third-order valence-corrected chi connectivity index (χ3v) is 4.94. The fraction of sp³-hybridized carbons (Fsp3) is 0.286. The number of hydrogen-bond donors (Lipinski definition) is 4. The third kappa shape index (κ3) is 4.41. The van der Waals surface area contributed by atoms with Crippen molar-refractivity contribution in [1.29, 1.82) is 5.41 Å². The summed E-state index contributed by atoms with van der Waals surface area (Å²) < 4.78 is 24.7. The summed E-state index contributed by atoms with van der Waals surface area (Å²) in [5.74, 6) is -1.30. The van der Waals surface area contributed by atoms with Crippen LogP contribution in [-0.2, 0) is 25.7 Å². The van der Waals surface area contributed by atoms with E-state index in [1.54, 1.807) is 24.3 Å². The molecule has 1 unspecified atom stereocenters. The van der Waals surface area contributed by atoms with Crippen molar-refractivity contribution in [3.63, 3.8) is 0 Å². The van der Waals surface area contributed by atoms with Crippen LogP contribution in [0.5, 0.6) is 0 Å². The van der Waals surface area contributed by atoms with Gasteiger partial charge in [-0.25, -0.2) is 4.39 Å². The molecule has 0 saturated carbocycles. The standard InChI is InChI=1S/C21H23FN4O4/c1-25-18(19(27)26-21(20(24)28)8-9-29-12-21)15-10-14(6-7-17(15)23)30-11-13-4-2-3-5-16(13)22/h2-7,10,23,25H,8-9,11-12H2,1H3,(H2,24,28)(H,26,27)/b18-15-,23-17?. The monoisotopic (exact) mass is 414 g/mol. The van der Waals surface area contributed by atoms with Gasteiger partial charge in [0.05, 0.1) is 12.3 Å². The van der Waals surface area contributed by atoms with Gasteiger partial charge in [-0.15, -0.1) is 0 Å². The molecule has 8 nitrogen and oxygen atoms in total. The third-order valence-electron chi connectivity index (χ3n) is 4.94. The number of nitrogens with one attached hydrogen (secondary N) is 3. The largest absolute Gasteiger partial charge is 0.489 e. The van der Waals surface area contributed by atoms with E-state index in [2.05, 4.69) is 10.6 Å². The van der Waals surface area contributed by atoms with E-state index in [4.69, 9.17) is 20.6 Å². The van der Waals surface area contributed by atoms with Gasteiger partial charge in [-0.2, -0.15) is 0 Å². The summed E-state index contributed by atoms with van der Waals surface area (Å²) in [6.07, 6.45) is 4.81. The van der Waals surface area contributed by atoms with Gasteiger partial charge in [0.25, 0.3) is 5.91 Å². The molecule has 5 N–H and O–H groups in total. The summed E-state index contributed by atoms with van der Waals surface area (Å²) in [4.78, 5) is 24.8. The minimum Gasteiger partial charge on any atom is -0.489 e. The summed E-state index contributed by atoms with van der Waals surface area (Å²) in [6, 6.07) is 6.25. The zero-order valence-corrected chi connectivity index (χ0v) is 16.5. The lowest BCUT2D eigenvalue weighted by Gasteiger charge is -2.26. The van der Waals surface area contributed by atoms with E-state index in [0.29, 0.717) is 17.9 Å². The molecule has 158 valence electrons. The first-order chi connectivity index (χ1) is 14.4. The van der Waals surface area contributed by atoms with Crippen molar-refractivity contribution in [1.82, 2.24) is 10.6 Å². The van der Waals surface area contributed by atoms with Crippen molar-refractivity contribution in [3.05, 3.63) is 70.9 Å². The molecule has 9 heteroatoms. The molecule has 30 heavy (non-hydrogen) atoms. The molecule has 1 aromatic carbocycles. The maximum atomic E-state index is 13.8. The number of benzene rings is 1. The second-order valence-electron chi connectivity index (χ2n) is 6.92. The molecule has 0 spiro atoms. The first-order valence-corrected chi connectivity index (χ1v) is 9.33. The molecule has 3 rings (SSSR count). The molecule has 1 heterocycles. The van der Waals surface area contributed by atoms with Gasteiger partial charge in [0, 0.05) is 31.2 Å². The maximum Gasteiger partial charge on any atom is 0.268 e. The van der Waals surface area contributed by atoms with Gasteiger partial charge in [0.1, 0.15) is 29.4 Å². The highest BCUT2D eigenvalue weighted by atomic mass is 19.1. The molecule has 0 bridgehead atoms. The second-order valence-corrected chi connectivity index (χ2v) is 6.92. The lowest BCUT2D eigenvalue weighted by molar-refractivity contribution is -0.130. The van der Waals surface area contributed by atoms with Crippen molar-refractivity contribution in [2.24, 2.45) is 5.73 Å². The molecule has 0 aromatic heterocycles. The predicted octanol–water partition coefficient (Wildman–Crippen LogP) is 1.05. The Balaban J connectivity index is 1.82. The molecule has 1 aliphatic carbocycles. The highest BCUT2D eigenvalue weighted by molar-refractivity contribution is 6.15. The Kier molecular flexibility index (Phi) is 6.31. The Morgan fingerprint density at radius 2 is 2.10 bits per heavy atom. The Bertz CT molecular complexity index is 962. The number of nitrogens with two attached hydrogens (primary N) is 1. The normalized spacial score (nSPS) is 22.3. The zero-order chi connectivity index (χ0) is 21.7. The van der Waals surface area contributed by atoms with Crippen molar-refractivity contribution < 1.29 is 23.5 Å². The lowest BCUT2D eigenvalue weighted by atomic mass is 9.96. The molecule has 1 fully saturated rings. The number of rotatable bonds is 7. The molecule has 1 aromatic rings. The Labute approximate surface area is 173 Å². The average Bonchev–Trinajstić information content (AvgIpc) is 3.20. The minimum absolute atomic E-state index is 0.00727. The van der Waals surface area contributed by atoms with Crippen LogP contribution in [0, 0.1) is 11.2 Å². The minimum atomic E-state index is -1.29. The Morgan fingerprint density at radius 3 is 2.73 bits per heavy atom. The Morgan fingerprint density at radius 1 is 1.33 bits per heavy atom. The number of halogens is 1. The molecule has 1 aliphatic heterocycles. The molecule has 1 atom stereocenters. The lowest BCUT2D eigenvalue weighted by Crippen LogP contribution is -2.59. The van der Waals surface area contributed by atoms with Gasteiger partial charge < -0.3 is 31.3 Å². The molecule has 2 aliphatic rings. The SMILES string of the molecule is CN/C(C(=O)NC1(C(N)=O)CCOC1)=C1/C=C(OCc2ccccc2F)C=CC1=N. The van der Waals surface area contributed by atoms with E-state index in [9.17, 15) is 14.0 Å². The van der Waals surface area contributed by atoms with Crippen LogP contribution >= 0.6 is 0 Å². The van der Waals surface area contributed by atoms with E-state index >= 15 is 0 Å². The van der Waals surface area contributed by atoms with Crippen LogP contribution in [0.15, 0.2) is 59.5 Å². The average molecular weight is 414 g/mol. The van der Waals surface area contributed by atoms with Gasteiger partial charge in [-0.3, -0.25) is 9.59 Å². The van der Waals surface area contributed by atoms with Gasteiger partial charge in [0.2, 0.25) is 5.91 Å². The van der Waals surface area contributed by atoms with Gasteiger partial charge >= 0.3 is 0 Å². The van der Waals surface area contributed by atoms with Gasteiger partial charge in [0.15, 0.2) is 0 Å². The fourth-order valence-electron chi connectivity index (χ4n) is 3.17. The summed E-state index contributed by atoms with van der Waals surface area (Å²) >= 11 is 0. The topological polar surface area (TPSA) is 127 Å². The van der Waals surface area contributed by atoms with Crippen molar-refractivity contribution in [3.8, 4) is 0 Å². The number of carbonyl (C=O) groups is 2. The molecular weight excluding hydrogens is 391 g/mol. The van der Waals surface area contributed by atoms with Gasteiger partial charge in [-0.05, 0) is 24.3 Å². The smallest absolute Gasteiger partial charge is 0.268 e. The molecule has 1 saturated heterocycles. The number of ether oxygens (including phenoxy) is 2. The van der Waals surface area contributed by atoms with Crippen molar-refractivity contribution in [2.75, 3.05) is 20.3 Å². The van der Waals surface area contributed by atoms with Crippen LogP contribution < -0.4 is 16.4 Å². The number of primary amides is 1. The zero-order valence-electron chi connectivity index (χ0n) is 16.5. The first kappa shape index (κ1) is 21.3. The highest BCUT2D eigenvalue weighted by Crippen LogP contribution is 2.22. The fourth-order valence-corrected chi connectivity index (χ4v) is 3.17. The van der Waals surface area contributed by atoms with Crippen molar-refractivity contribution >= 4 is 17.5 Å². The summed E-state index contributed by atoms with van der Waals surface area (Å²) in [7, 11) is 1.53. The molecular formula is C21H23FN4O4. The number of allylic oxidation sites excluding steroid dienone is 4. The van der Waals surface area contributed by atoms with Crippen LogP contribution in [0.25, 0.3) is 0 Å². The maximum absolute atomic E-state index is 13.8. The van der Waals surface area contributed by atoms with E-state index in [0.717, 1.165) is 0 Å². The number of hydrogen-bond acceptors (Lipinski definition) is 6. The van der Waals surface area contributed by atoms with E-state index < -0.39 is 17.4 Å². The van der Waals surface area contributed by atoms with E-state index in [-0.39, 0.29) is 42.4 Å². The highest BCUT2D eigenvalue weighted by Gasteiger charge is 2.43. The predicted molar refractivity (Wildman–Crippen MR) is 108 cm³/mol. The first-order valence-electron chi connectivity index (χ1n) is 9.33. The summed E-state index contributed by atoms with van der Waals surface area (Å²) in [5, 5.41) is 13.6. The van der Waals surface area contributed by atoms with Crippen LogP contribution in [0.1, 0.15) is 12.0 Å². The van der Waals surface area contributed by atoms with E-state index in [1.165, 1.54) is 25.3 Å². The molecule has 2 amide bonds. The number of likely N-dealkylation sites (N-methyl/N-ethyl adjacent to an activating group) is 1. The van der Waals surface area contributed by atoms with Crippen LogP contribution in [0.3, 0.4) is 0 Å². The quantitative estimate of drug-likeness (QED) is 0.496. The molecule has 0 radical (unpaired) electrons. The van der Waals surface area contributed by atoms with Crippen LogP contribution in [0.4, 0.5) is 4.39 Å². The van der Waals surface area contributed by atoms with Crippen LogP contribution in [0.2, 0.25) is 0 Å². The number of carbonyl (C=O) groups excluding carboxylic acids is 2.